The fraction of sp³-hybridized carbons (Fsp3) is 0.619. The van der Waals surface area contributed by atoms with Gasteiger partial charge < -0.3 is 19.5 Å². The number of fused-ring (bicyclic) bond motifs is 1. The van der Waals surface area contributed by atoms with E-state index in [1.807, 2.05) is 39.8 Å². The molecule has 1 atom stereocenters. The summed E-state index contributed by atoms with van der Waals surface area (Å²) >= 11 is 1.70. The molecular formula is C21H31N3O4S. The maximum absolute atomic E-state index is 11.6. The molecule has 1 aliphatic rings. The van der Waals surface area contributed by atoms with Gasteiger partial charge in [-0.05, 0) is 52.7 Å². The molecule has 0 unspecified atom stereocenters. The van der Waals surface area contributed by atoms with E-state index in [0.29, 0.717) is 6.61 Å². The largest absolute Gasteiger partial charge is 0.497 e. The number of hydrogen-bond donors (Lipinski definition) is 1. The van der Waals surface area contributed by atoms with Crippen LogP contribution in [0.5, 0.6) is 5.75 Å². The number of anilines is 1. The standard InChI is InChI=1S/C21H31N3O4S/c1-14(24(20(25)26)21(2,3)4)13-28-15-8-10-23(11-9-15)19-22-17-12-16(27-5)6-7-18(17)29-19/h6-7,12,14-15H,8-11,13H2,1-5H3,(H,25,26)/t14-/m0/s1. The van der Waals surface area contributed by atoms with Crippen LogP contribution in [0, 0.1) is 0 Å². The molecule has 160 valence electrons. The number of ether oxygens (including phenoxy) is 2. The Morgan fingerprint density at radius 3 is 2.66 bits per heavy atom. The van der Waals surface area contributed by atoms with Gasteiger partial charge in [-0.2, -0.15) is 0 Å². The fourth-order valence-corrected chi connectivity index (χ4v) is 4.86. The summed E-state index contributed by atoms with van der Waals surface area (Å²) in [6, 6.07) is 5.79. The Morgan fingerprint density at radius 1 is 1.38 bits per heavy atom. The van der Waals surface area contributed by atoms with Gasteiger partial charge >= 0.3 is 6.09 Å². The van der Waals surface area contributed by atoms with Crippen molar-refractivity contribution in [1.29, 1.82) is 0 Å². The summed E-state index contributed by atoms with van der Waals surface area (Å²) in [6.45, 7) is 9.81. The van der Waals surface area contributed by atoms with Crippen LogP contribution in [0.15, 0.2) is 18.2 Å². The molecule has 0 aliphatic carbocycles. The van der Waals surface area contributed by atoms with Crippen LogP contribution in [0.25, 0.3) is 10.2 Å². The molecule has 8 heteroatoms. The normalized spacial score (nSPS) is 16.8. The van der Waals surface area contributed by atoms with E-state index >= 15 is 0 Å². The van der Waals surface area contributed by atoms with E-state index in [4.69, 9.17) is 14.5 Å². The molecule has 1 saturated heterocycles. The number of carbonyl (C=O) groups is 1. The average Bonchev–Trinajstić information content (AvgIpc) is 3.08. The maximum atomic E-state index is 11.6. The third kappa shape index (κ3) is 5.11. The van der Waals surface area contributed by atoms with Crippen LogP contribution >= 0.6 is 11.3 Å². The van der Waals surface area contributed by atoms with Gasteiger partial charge in [-0.1, -0.05) is 11.3 Å². The lowest BCUT2D eigenvalue weighted by atomic mass is 10.0. The second-order valence-corrected chi connectivity index (χ2v) is 9.53. The lowest BCUT2D eigenvalue weighted by Crippen LogP contribution is -2.52. The van der Waals surface area contributed by atoms with Crippen molar-refractivity contribution in [2.24, 2.45) is 0 Å². The van der Waals surface area contributed by atoms with Crippen molar-refractivity contribution in [2.75, 3.05) is 31.7 Å². The summed E-state index contributed by atoms with van der Waals surface area (Å²) in [5.74, 6) is 0.821. The molecular weight excluding hydrogens is 390 g/mol. The predicted molar refractivity (Wildman–Crippen MR) is 116 cm³/mol. The predicted octanol–water partition coefficient (Wildman–Crippen LogP) is 4.46. The molecule has 1 N–H and O–H groups in total. The molecule has 1 amide bonds. The zero-order valence-electron chi connectivity index (χ0n) is 17.8. The first-order valence-corrected chi connectivity index (χ1v) is 10.8. The Labute approximate surface area is 176 Å². The van der Waals surface area contributed by atoms with Gasteiger partial charge in [-0.3, -0.25) is 4.90 Å². The number of amides is 1. The van der Waals surface area contributed by atoms with Crippen molar-refractivity contribution in [2.45, 2.75) is 58.2 Å². The van der Waals surface area contributed by atoms with Crippen LogP contribution in [0.1, 0.15) is 40.5 Å². The molecule has 3 rings (SSSR count). The first kappa shape index (κ1) is 21.6. The number of aromatic nitrogens is 1. The molecule has 7 nitrogen and oxygen atoms in total. The average molecular weight is 422 g/mol. The number of methoxy groups -OCH3 is 1. The first-order valence-electron chi connectivity index (χ1n) is 10.0. The lowest BCUT2D eigenvalue weighted by Gasteiger charge is -2.39. The minimum absolute atomic E-state index is 0.152. The Hall–Kier alpha value is -2.06. The Balaban J connectivity index is 1.53. The fourth-order valence-electron chi connectivity index (χ4n) is 3.86. The van der Waals surface area contributed by atoms with Crippen molar-refractivity contribution in [3.05, 3.63) is 18.2 Å². The minimum Gasteiger partial charge on any atom is -0.497 e. The van der Waals surface area contributed by atoms with Gasteiger partial charge in [-0.25, -0.2) is 9.78 Å². The van der Waals surface area contributed by atoms with Gasteiger partial charge in [0, 0.05) is 24.7 Å². The topological polar surface area (TPSA) is 75.1 Å². The number of benzene rings is 1. The van der Waals surface area contributed by atoms with E-state index in [-0.39, 0.29) is 12.1 Å². The second kappa shape index (κ2) is 8.75. The highest BCUT2D eigenvalue weighted by atomic mass is 32.1. The number of rotatable bonds is 6. The number of thiazole rings is 1. The highest BCUT2D eigenvalue weighted by molar-refractivity contribution is 7.22. The molecule has 2 heterocycles. The van der Waals surface area contributed by atoms with E-state index in [2.05, 4.69) is 11.0 Å². The van der Waals surface area contributed by atoms with E-state index in [1.54, 1.807) is 18.4 Å². The molecule has 1 aromatic heterocycles. The van der Waals surface area contributed by atoms with Crippen molar-refractivity contribution in [1.82, 2.24) is 9.88 Å². The Morgan fingerprint density at radius 2 is 2.07 bits per heavy atom. The Bertz CT molecular complexity index is 840. The monoisotopic (exact) mass is 421 g/mol. The van der Waals surface area contributed by atoms with Crippen LogP contribution in [-0.2, 0) is 4.74 Å². The van der Waals surface area contributed by atoms with Crippen molar-refractivity contribution in [3.8, 4) is 5.75 Å². The summed E-state index contributed by atoms with van der Waals surface area (Å²) in [7, 11) is 1.66. The van der Waals surface area contributed by atoms with Crippen LogP contribution in [0.3, 0.4) is 0 Å². The SMILES string of the molecule is COc1ccc2sc(N3CCC(OC[C@H](C)N(C(=O)O)C(C)(C)C)CC3)nc2c1. The van der Waals surface area contributed by atoms with Crippen LogP contribution < -0.4 is 9.64 Å². The highest BCUT2D eigenvalue weighted by Crippen LogP contribution is 2.32. The molecule has 1 aromatic carbocycles. The summed E-state index contributed by atoms with van der Waals surface area (Å²) < 4.78 is 12.5. The number of hydrogen-bond acceptors (Lipinski definition) is 6. The number of carboxylic acid groups (broad SMARTS) is 1. The molecule has 1 fully saturated rings. The number of nitrogens with zero attached hydrogens (tertiary/aromatic N) is 3. The third-order valence-corrected chi connectivity index (χ3v) is 6.34. The molecule has 0 spiro atoms. The summed E-state index contributed by atoms with van der Waals surface area (Å²) in [5.41, 5.74) is 0.514. The summed E-state index contributed by atoms with van der Waals surface area (Å²) in [4.78, 5) is 20.1. The molecule has 0 saturated carbocycles. The van der Waals surface area contributed by atoms with Crippen LogP contribution in [0.4, 0.5) is 9.93 Å². The van der Waals surface area contributed by atoms with Crippen LogP contribution in [0.2, 0.25) is 0 Å². The second-order valence-electron chi connectivity index (χ2n) is 8.52. The van der Waals surface area contributed by atoms with Gasteiger partial charge in [0.05, 0.1) is 36.1 Å². The van der Waals surface area contributed by atoms with Gasteiger partial charge in [-0.15, -0.1) is 0 Å². The van der Waals surface area contributed by atoms with Gasteiger partial charge in [0.1, 0.15) is 5.75 Å². The van der Waals surface area contributed by atoms with Crippen molar-refractivity contribution >= 4 is 32.8 Å². The van der Waals surface area contributed by atoms with E-state index < -0.39 is 11.6 Å². The maximum Gasteiger partial charge on any atom is 0.408 e. The third-order valence-electron chi connectivity index (χ3n) is 5.24. The molecule has 1 aliphatic heterocycles. The quantitative estimate of drug-likeness (QED) is 0.742. The first-order chi connectivity index (χ1) is 13.7. The minimum atomic E-state index is -0.907. The van der Waals surface area contributed by atoms with E-state index in [0.717, 1.165) is 47.0 Å². The van der Waals surface area contributed by atoms with Gasteiger partial charge in [0.2, 0.25) is 0 Å². The smallest absolute Gasteiger partial charge is 0.408 e. The summed E-state index contributed by atoms with van der Waals surface area (Å²) in [5, 5.41) is 10.6. The van der Waals surface area contributed by atoms with Gasteiger partial charge in [0.15, 0.2) is 5.13 Å². The molecule has 0 radical (unpaired) electrons. The molecule has 0 bridgehead atoms. The van der Waals surface area contributed by atoms with E-state index in [1.165, 1.54) is 4.90 Å². The van der Waals surface area contributed by atoms with E-state index in [9.17, 15) is 9.90 Å². The zero-order chi connectivity index (χ0) is 21.2. The summed E-state index contributed by atoms with van der Waals surface area (Å²) in [6.07, 6.45) is 1.07. The van der Waals surface area contributed by atoms with Gasteiger partial charge in [0.25, 0.3) is 0 Å². The zero-order valence-corrected chi connectivity index (χ0v) is 18.7. The lowest BCUT2D eigenvalue weighted by molar-refractivity contribution is -0.0140. The molecule has 2 aromatic rings. The van der Waals surface area contributed by atoms with Crippen molar-refractivity contribution in [3.63, 3.8) is 0 Å². The molecule has 29 heavy (non-hydrogen) atoms. The van der Waals surface area contributed by atoms with Crippen molar-refractivity contribution < 1.29 is 19.4 Å². The number of piperidine rings is 1. The Kier molecular flexibility index (Phi) is 6.53. The highest BCUT2D eigenvalue weighted by Gasteiger charge is 2.31. The van der Waals surface area contributed by atoms with Crippen LogP contribution in [-0.4, -0.2) is 65.6 Å².